The lowest BCUT2D eigenvalue weighted by atomic mass is 10.1. The van der Waals surface area contributed by atoms with Gasteiger partial charge in [-0.05, 0) is 36.2 Å². The standard InChI is InChI=1S/C18H18ClNO3S/c1-12(14-4-2-3-5-15(14)19)20-18(21)10-24-9-13-6-7-16-17(8-13)23-11-22-16/h2-8,12H,9-11H2,1H3,(H,20,21)/t12-/m1/s1. The van der Waals surface area contributed by atoms with Gasteiger partial charge in [-0.2, -0.15) is 0 Å². The van der Waals surface area contributed by atoms with Crippen molar-refractivity contribution in [2.75, 3.05) is 12.5 Å². The summed E-state index contributed by atoms with van der Waals surface area (Å²) in [6, 6.07) is 13.3. The molecule has 1 aliphatic rings. The monoisotopic (exact) mass is 363 g/mol. The Labute approximate surface area is 150 Å². The largest absolute Gasteiger partial charge is 0.454 e. The van der Waals surface area contributed by atoms with E-state index < -0.39 is 0 Å². The lowest BCUT2D eigenvalue weighted by Crippen LogP contribution is -2.28. The summed E-state index contributed by atoms with van der Waals surface area (Å²) in [7, 11) is 0. The van der Waals surface area contributed by atoms with E-state index in [1.54, 1.807) is 11.8 Å². The molecule has 0 aliphatic carbocycles. The molecule has 0 unspecified atom stereocenters. The van der Waals surface area contributed by atoms with E-state index in [-0.39, 0.29) is 18.7 Å². The average molecular weight is 364 g/mol. The first-order valence-corrected chi connectivity index (χ1v) is 9.17. The Kier molecular flexibility index (Phi) is 5.53. The number of amides is 1. The summed E-state index contributed by atoms with van der Waals surface area (Å²) in [6.45, 7) is 2.20. The molecule has 0 spiro atoms. The number of benzene rings is 2. The maximum atomic E-state index is 12.1. The fraction of sp³-hybridized carbons (Fsp3) is 0.278. The number of rotatable bonds is 6. The number of hydrogen-bond acceptors (Lipinski definition) is 4. The van der Waals surface area contributed by atoms with E-state index in [4.69, 9.17) is 21.1 Å². The van der Waals surface area contributed by atoms with Crippen LogP contribution < -0.4 is 14.8 Å². The van der Waals surface area contributed by atoms with E-state index in [2.05, 4.69) is 5.32 Å². The van der Waals surface area contributed by atoms with E-state index in [1.165, 1.54) is 0 Å². The molecule has 1 aliphatic heterocycles. The predicted molar refractivity (Wildman–Crippen MR) is 96.7 cm³/mol. The Morgan fingerprint density at radius 2 is 2.04 bits per heavy atom. The molecule has 2 aromatic carbocycles. The van der Waals surface area contributed by atoms with Crippen LogP contribution in [0.5, 0.6) is 11.5 Å². The van der Waals surface area contributed by atoms with Crippen LogP contribution in [0, 0.1) is 0 Å². The van der Waals surface area contributed by atoms with Crippen LogP contribution >= 0.6 is 23.4 Å². The van der Waals surface area contributed by atoms with Gasteiger partial charge in [0.15, 0.2) is 11.5 Å². The summed E-state index contributed by atoms with van der Waals surface area (Å²) in [5.74, 6) is 2.67. The topological polar surface area (TPSA) is 47.6 Å². The van der Waals surface area contributed by atoms with Crippen LogP contribution in [-0.2, 0) is 10.5 Å². The third-order valence-corrected chi connectivity index (χ3v) is 5.04. The first-order valence-electron chi connectivity index (χ1n) is 7.63. The number of carbonyl (C=O) groups is 1. The van der Waals surface area contributed by atoms with E-state index >= 15 is 0 Å². The normalized spacial score (nSPS) is 13.6. The van der Waals surface area contributed by atoms with E-state index in [1.807, 2.05) is 49.4 Å². The van der Waals surface area contributed by atoms with Crippen LogP contribution in [0.1, 0.15) is 24.1 Å². The predicted octanol–water partition coefficient (Wildman–Crippen LogP) is 4.18. The molecule has 2 aromatic rings. The van der Waals surface area contributed by atoms with Gasteiger partial charge in [0.2, 0.25) is 12.7 Å². The fourth-order valence-electron chi connectivity index (χ4n) is 2.48. The van der Waals surface area contributed by atoms with Crippen molar-refractivity contribution in [3.63, 3.8) is 0 Å². The second-order valence-electron chi connectivity index (χ2n) is 5.49. The van der Waals surface area contributed by atoms with Crippen LogP contribution in [0.3, 0.4) is 0 Å². The molecule has 0 saturated heterocycles. The number of nitrogens with one attached hydrogen (secondary N) is 1. The van der Waals surface area contributed by atoms with Gasteiger partial charge < -0.3 is 14.8 Å². The third-order valence-electron chi connectivity index (χ3n) is 3.69. The lowest BCUT2D eigenvalue weighted by molar-refractivity contribution is -0.119. The summed E-state index contributed by atoms with van der Waals surface area (Å²) in [5.41, 5.74) is 2.03. The van der Waals surface area contributed by atoms with Crippen molar-refractivity contribution in [3.05, 3.63) is 58.6 Å². The molecule has 1 atom stereocenters. The molecule has 0 saturated carbocycles. The molecule has 3 rings (SSSR count). The molecular weight excluding hydrogens is 346 g/mol. The van der Waals surface area contributed by atoms with Gasteiger partial charge in [0, 0.05) is 10.8 Å². The minimum atomic E-state index is -0.114. The highest BCUT2D eigenvalue weighted by Gasteiger charge is 2.14. The van der Waals surface area contributed by atoms with E-state index in [9.17, 15) is 4.79 Å². The highest BCUT2D eigenvalue weighted by molar-refractivity contribution is 7.99. The number of halogens is 1. The van der Waals surface area contributed by atoms with Crippen LogP contribution in [0.15, 0.2) is 42.5 Å². The summed E-state index contributed by atoms with van der Waals surface area (Å²) in [4.78, 5) is 12.1. The van der Waals surface area contributed by atoms with Crippen molar-refractivity contribution >= 4 is 29.3 Å². The highest BCUT2D eigenvalue weighted by Crippen LogP contribution is 2.33. The lowest BCUT2D eigenvalue weighted by Gasteiger charge is -2.15. The minimum absolute atomic E-state index is 0.00633. The second kappa shape index (κ2) is 7.81. The fourth-order valence-corrected chi connectivity index (χ4v) is 3.56. The molecule has 0 radical (unpaired) electrons. The van der Waals surface area contributed by atoms with Crippen molar-refractivity contribution < 1.29 is 14.3 Å². The van der Waals surface area contributed by atoms with Crippen molar-refractivity contribution in [2.24, 2.45) is 0 Å². The molecular formula is C18H18ClNO3S. The molecule has 126 valence electrons. The molecule has 24 heavy (non-hydrogen) atoms. The quantitative estimate of drug-likeness (QED) is 0.836. The summed E-state index contributed by atoms with van der Waals surface area (Å²) >= 11 is 7.71. The Balaban J connectivity index is 1.47. The molecule has 0 bridgehead atoms. The second-order valence-corrected chi connectivity index (χ2v) is 6.88. The number of ether oxygens (including phenoxy) is 2. The zero-order chi connectivity index (χ0) is 16.9. The van der Waals surface area contributed by atoms with Crippen LogP contribution in [-0.4, -0.2) is 18.5 Å². The third kappa shape index (κ3) is 4.16. The Morgan fingerprint density at radius 1 is 1.25 bits per heavy atom. The van der Waals surface area contributed by atoms with Gasteiger partial charge in [-0.3, -0.25) is 4.79 Å². The van der Waals surface area contributed by atoms with Crippen molar-refractivity contribution in [3.8, 4) is 11.5 Å². The van der Waals surface area contributed by atoms with Gasteiger partial charge >= 0.3 is 0 Å². The smallest absolute Gasteiger partial charge is 0.231 e. The zero-order valence-corrected chi connectivity index (χ0v) is 14.8. The molecule has 0 aromatic heterocycles. The first kappa shape index (κ1) is 17.0. The Hall–Kier alpha value is -1.85. The molecule has 1 amide bonds. The number of thioether (sulfide) groups is 1. The van der Waals surface area contributed by atoms with Gasteiger partial charge in [0.25, 0.3) is 0 Å². The van der Waals surface area contributed by atoms with Gasteiger partial charge in [-0.25, -0.2) is 0 Å². The maximum Gasteiger partial charge on any atom is 0.231 e. The van der Waals surface area contributed by atoms with Gasteiger partial charge in [0.05, 0.1) is 11.8 Å². The van der Waals surface area contributed by atoms with Crippen molar-refractivity contribution in [1.29, 1.82) is 0 Å². The minimum Gasteiger partial charge on any atom is -0.454 e. The SMILES string of the molecule is C[C@@H](NC(=O)CSCc1ccc2c(c1)OCO2)c1ccccc1Cl. The Bertz CT molecular complexity index is 738. The number of fused-ring (bicyclic) bond motifs is 1. The van der Waals surface area contributed by atoms with E-state index in [0.717, 1.165) is 28.4 Å². The van der Waals surface area contributed by atoms with E-state index in [0.29, 0.717) is 10.8 Å². The maximum absolute atomic E-state index is 12.1. The molecule has 1 heterocycles. The van der Waals surface area contributed by atoms with Crippen molar-refractivity contribution in [1.82, 2.24) is 5.32 Å². The summed E-state index contributed by atoms with van der Waals surface area (Å²) in [6.07, 6.45) is 0. The van der Waals surface area contributed by atoms with Gasteiger partial charge in [-0.15, -0.1) is 11.8 Å². The van der Waals surface area contributed by atoms with Crippen molar-refractivity contribution in [2.45, 2.75) is 18.7 Å². The number of hydrogen-bond donors (Lipinski definition) is 1. The first-order chi connectivity index (χ1) is 11.6. The summed E-state index contributed by atoms with van der Waals surface area (Å²) < 4.78 is 10.6. The molecule has 6 heteroatoms. The molecule has 0 fully saturated rings. The van der Waals surface area contributed by atoms with Crippen LogP contribution in [0.25, 0.3) is 0 Å². The van der Waals surface area contributed by atoms with Gasteiger partial charge in [0.1, 0.15) is 0 Å². The summed E-state index contributed by atoms with van der Waals surface area (Å²) in [5, 5.41) is 3.64. The van der Waals surface area contributed by atoms with Crippen LogP contribution in [0.4, 0.5) is 0 Å². The molecule has 1 N–H and O–H groups in total. The molecule has 4 nitrogen and oxygen atoms in total. The van der Waals surface area contributed by atoms with Gasteiger partial charge in [-0.1, -0.05) is 35.9 Å². The van der Waals surface area contributed by atoms with Crippen LogP contribution in [0.2, 0.25) is 5.02 Å². The Morgan fingerprint density at radius 3 is 2.88 bits per heavy atom. The average Bonchev–Trinajstić information content (AvgIpc) is 3.03. The number of carbonyl (C=O) groups excluding carboxylic acids is 1. The highest BCUT2D eigenvalue weighted by atomic mass is 35.5. The zero-order valence-electron chi connectivity index (χ0n) is 13.3.